The molecule has 0 saturated heterocycles. The lowest BCUT2D eigenvalue weighted by atomic mass is 9.71. The molecule has 0 N–H and O–H groups in total. The molecule has 1 nitrogen and oxygen atoms in total. The van der Waals surface area contributed by atoms with Crippen molar-refractivity contribution in [3.63, 3.8) is 0 Å². The third-order valence-corrected chi connectivity index (χ3v) is 6.94. The van der Waals surface area contributed by atoms with Gasteiger partial charge in [0.1, 0.15) is 11.9 Å². The quantitative estimate of drug-likeness (QED) is 0.680. The van der Waals surface area contributed by atoms with Crippen LogP contribution in [0.2, 0.25) is 0 Å². The Bertz CT molecular complexity index is 498. The Morgan fingerprint density at radius 3 is 2.33 bits per heavy atom. The molecular weight excluding hydrogens is 256 g/mol. The van der Waals surface area contributed by atoms with Gasteiger partial charge in [-0.25, -0.2) is 0 Å². The largest absolute Gasteiger partial charge is 0.490 e. The monoisotopic (exact) mass is 286 g/mol. The fourth-order valence-corrected chi connectivity index (χ4v) is 4.62. The van der Waals surface area contributed by atoms with Crippen LogP contribution >= 0.6 is 0 Å². The molecule has 1 heteroatoms. The summed E-state index contributed by atoms with van der Waals surface area (Å²) < 4.78 is 6.38. The molecule has 0 aromatic heterocycles. The van der Waals surface area contributed by atoms with Gasteiger partial charge in [0, 0.05) is 5.92 Å². The first-order chi connectivity index (χ1) is 9.87. The minimum absolute atomic E-state index is 0.410. The van der Waals surface area contributed by atoms with Gasteiger partial charge in [-0.15, -0.1) is 0 Å². The van der Waals surface area contributed by atoms with Crippen LogP contribution in [0.3, 0.4) is 0 Å². The molecule has 0 aliphatic heterocycles. The van der Waals surface area contributed by atoms with E-state index >= 15 is 0 Å². The highest BCUT2D eigenvalue weighted by Gasteiger charge is 2.61. The number of ether oxygens (including phenoxy) is 1. The van der Waals surface area contributed by atoms with Crippen LogP contribution in [0.5, 0.6) is 5.75 Å². The zero-order valence-electron chi connectivity index (χ0n) is 14.3. The first kappa shape index (κ1) is 14.9. The molecule has 0 spiro atoms. The normalized spacial score (nSPS) is 34.9. The zero-order chi connectivity index (χ0) is 15.3. The van der Waals surface area contributed by atoms with Crippen molar-refractivity contribution in [1.82, 2.24) is 0 Å². The van der Waals surface area contributed by atoms with E-state index in [0.29, 0.717) is 22.9 Å². The number of benzene rings is 1. The third kappa shape index (κ3) is 2.29. The minimum atomic E-state index is 0.410. The molecule has 0 radical (unpaired) electrons. The van der Waals surface area contributed by atoms with Crippen LogP contribution in [0.25, 0.3) is 0 Å². The molecule has 2 aliphatic rings. The van der Waals surface area contributed by atoms with Gasteiger partial charge in [-0.05, 0) is 60.1 Å². The fourth-order valence-electron chi connectivity index (χ4n) is 4.62. The highest BCUT2D eigenvalue weighted by atomic mass is 16.5. The molecule has 1 aromatic rings. The fraction of sp³-hybridized carbons (Fsp3) is 0.700. The highest BCUT2D eigenvalue weighted by Crippen LogP contribution is 2.65. The first-order valence-electron chi connectivity index (χ1n) is 8.64. The Balaban J connectivity index is 1.71. The number of fused-ring (bicyclic) bond motifs is 2. The summed E-state index contributed by atoms with van der Waals surface area (Å²) in [4.78, 5) is 0. The summed E-state index contributed by atoms with van der Waals surface area (Å²) in [6, 6.07) is 8.82. The standard InChI is InChI=1S/C20H30O/c1-6-14(2)15-7-9-16(10-8-15)21-18-13-20(5)12-11-17(18)19(20,3)4/h7-10,14,17-18H,6,11-13H2,1-5H3/t14-,17?,18-,20-/m1/s1. The second-order valence-corrected chi connectivity index (χ2v) is 8.17. The molecule has 1 aromatic carbocycles. The summed E-state index contributed by atoms with van der Waals surface area (Å²) >= 11 is 0. The Hall–Kier alpha value is -0.980. The third-order valence-electron chi connectivity index (χ3n) is 6.94. The van der Waals surface area contributed by atoms with Gasteiger partial charge < -0.3 is 4.74 Å². The van der Waals surface area contributed by atoms with Crippen molar-refractivity contribution >= 4 is 0 Å². The molecule has 116 valence electrons. The Labute approximate surface area is 130 Å². The van der Waals surface area contributed by atoms with Gasteiger partial charge in [-0.2, -0.15) is 0 Å². The molecule has 4 atom stereocenters. The van der Waals surface area contributed by atoms with Gasteiger partial charge in [-0.3, -0.25) is 0 Å². The van der Waals surface area contributed by atoms with E-state index in [1.807, 2.05) is 0 Å². The average molecular weight is 286 g/mol. The number of hydrogen-bond acceptors (Lipinski definition) is 1. The second kappa shape index (κ2) is 5.04. The summed E-state index contributed by atoms with van der Waals surface area (Å²) in [5, 5.41) is 0. The Morgan fingerprint density at radius 2 is 1.86 bits per heavy atom. The van der Waals surface area contributed by atoms with E-state index in [9.17, 15) is 0 Å². The smallest absolute Gasteiger partial charge is 0.119 e. The van der Waals surface area contributed by atoms with Crippen LogP contribution in [0.1, 0.15) is 71.8 Å². The van der Waals surface area contributed by atoms with Crippen LogP contribution in [0.15, 0.2) is 24.3 Å². The van der Waals surface area contributed by atoms with E-state index in [-0.39, 0.29) is 0 Å². The number of rotatable bonds is 4. The van der Waals surface area contributed by atoms with Crippen molar-refractivity contribution in [2.24, 2.45) is 16.7 Å². The molecule has 0 heterocycles. The maximum Gasteiger partial charge on any atom is 0.119 e. The molecule has 2 saturated carbocycles. The molecule has 2 bridgehead atoms. The molecular formula is C20H30O. The van der Waals surface area contributed by atoms with E-state index in [1.165, 1.54) is 31.2 Å². The van der Waals surface area contributed by atoms with Crippen molar-refractivity contribution in [3.05, 3.63) is 29.8 Å². The SMILES string of the molecule is CC[C@@H](C)c1ccc(O[C@@H]2C[C@@]3(C)CCC2C3(C)C)cc1. The molecule has 1 unspecified atom stereocenters. The minimum Gasteiger partial charge on any atom is -0.490 e. The average Bonchev–Trinajstić information content (AvgIpc) is 2.79. The topological polar surface area (TPSA) is 9.23 Å². The molecule has 2 fully saturated rings. The van der Waals surface area contributed by atoms with Crippen molar-refractivity contribution in [3.8, 4) is 5.75 Å². The van der Waals surface area contributed by atoms with Crippen LogP contribution in [0, 0.1) is 16.7 Å². The van der Waals surface area contributed by atoms with E-state index in [0.717, 1.165) is 11.7 Å². The van der Waals surface area contributed by atoms with Gasteiger partial charge in [0.2, 0.25) is 0 Å². The van der Waals surface area contributed by atoms with Crippen molar-refractivity contribution < 1.29 is 4.74 Å². The predicted molar refractivity (Wildman–Crippen MR) is 88.8 cm³/mol. The van der Waals surface area contributed by atoms with Crippen molar-refractivity contribution in [2.45, 2.75) is 72.3 Å². The van der Waals surface area contributed by atoms with Crippen LogP contribution < -0.4 is 4.74 Å². The summed E-state index contributed by atoms with van der Waals surface area (Å²) in [5.41, 5.74) is 2.32. The Kier molecular flexibility index (Phi) is 3.58. The van der Waals surface area contributed by atoms with E-state index in [2.05, 4.69) is 58.9 Å². The van der Waals surface area contributed by atoms with Gasteiger partial charge in [0.25, 0.3) is 0 Å². The van der Waals surface area contributed by atoms with E-state index in [1.54, 1.807) is 0 Å². The van der Waals surface area contributed by atoms with Crippen molar-refractivity contribution in [1.29, 1.82) is 0 Å². The predicted octanol–water partition coefficient (Wildman–Crippen LogP) is 5.79. The molecule has 2 aliphatic carbocycles. The zero-order valence-corrected chi connectivity index (χ0v) is 14.3. The lowest BCUT2D eigenvalue weighted by Gasteiger charge is -2.33. The maximum atomic E-state index is 6.38. The van der Waals surface area contributed by atoms with Crippen LogP contribution in [-0.2, 0) is 0 Å². The van der Waals surface area contributed by atoms with Gasteiger partial charge >= 0.3 is 0 Å². The lowest BCUT2D eigenvalue weighted by Crippen LogP contribution is -2.27. The number of hydrogen-bond donors (Lipinski definition) is 0. The molecule has 0 amide bonds. The van der Waals surface area contributed by atoms with Crippen LogP contribution in [0.4, 0.5) is 0 Å². The summed E-state index contributed by atoms with van der Waals surface area (Å²) in [5.74, 6) is 2.41. The summed E-state index contributed by atoms with van der Waals surface area (Å²) in [6.07, 6.45) is 5.53. The van der Waals surface area contributed by atoms with Gasteiger partial charge in [0.15, 0.2) is 0 Å². The van der Waals surface area contributed by atoms with Gasteiger partial charge in [0.05, 0.1) is 0 Å². The van der Waals surface area contributed by atoms with Crippen LogP contribution in [-0.4, -0.2) is 6.10 Å². The first-order valence-corrected chi connectivity index (χ1v) is 8.64. The highest BCUT2D eigenvalue weighted by molar-refractivity contribution is 5.30. The molecule has 21 heavy (non-hydrogen) atoms. The maximum absolute atomic E-state index is 6.38. The molecule has 3 rings (SSSR count). The van der Waals surface area contributed by atoms with Gasteiger partial charge in [-0.1, -0.05) is 46.8 Å². The van der Waals surface area contributed by atoms with Crippen molar-refractivity contribution in [2.75, 3.05) is 0 Å². The summed E-state index contributed by atoms with van der Waals surface area (Å²) in [7, 11) is 0. The lowest BCUT2D eigenvalue weighted by molar-refractivity contribution is 0.117. The van der Waals surface area contributed by atoms with E-state index < -0.39 is 0 Å². The summed E-state index contributed by atoms with van der Waals surface area (Å²) in [6.45, 7) is 11.9. The second-order valence-electron chi connectivity index (χ2n) is 8.17. The van der Waals surface area contributed by atoms with E-state index in [4.69, 9.17) is 4.74 Å². The Morgan fingerprint density at radius 1 is 1.19 bits per heavy atom.